The highest BCUT2D eigenvalue weighted by Gasteiger charge is 2.38. The van der Waals surface area contributed by atoms with Gasteiger partial charge in [-0.05, 0) is 61.0 Å². The van der Waals surface area contributed by atoms with Crippen LogP contribution < -0.4 is 5.11 Å². The van der Waals surface area contributed by atoms with E-state index in [9.17, 15) is 24.8 Å². The highest BCUT2D eigenvalue weighted by atomic mass is 35.5. The van der Waals surface area contributed by atoms with Crippen molar-refractivity contribution in [3.8, 4) is 0 Å². The Hall–Kier alpha value is -4.21. The van der Waals surface area contributed by atoms with Crippen molar-refractivity contribution in [3.05, 3.63) is 123 Å². The Kier molecular flexibility index (Phi) is 10.3. The van der Waals surface area contributed by atoms with Gasteiger partial charge < -0.3 is 24.6 Å². The van der Waals surface area contributed by atoms with E-state index in [0.29, 0.717) is 41.1 Å². The van der Waals surface area contributed by atoms with Crippen molar-refractivity contribution in [3.63, 3.8) is 0 Å². The van der Waals surface area contributed by atoms with Gasteiger partial charge in [-0.2, -0.15) is 0 Å². The average Bonchev–Trinajstić information content (AvgIpc) is 3.45. The molecular formula is C34H36ClN4O5-. The molecule has 9 nitrogen and oxygen atoms in total. The number of piperidine rings is 1. The molecular weight excluding hydrogens is 580 g/mol. The van der Waals surface area contributed by atoms with Crippen LogP contribution >= 0.6 is 11.6 Å². The monoisotopic (exact) mass is 615 g/mol. The summed E-state index contributed by atoms with van der Waals surface area (Å²) in [4.78, 5) is 41.1. The first kappa shape index (κ1) is 31.2. The van der Waals surface area contributed by atoms with E-state index in [1.807, 2.05) is 29.2 Å². The number of amides is 2. The number of rotatable bonds is 10. The number of hydrogen-bond donors (Lipinski definition) is 0. The third-order valence-electron chi connectivity index (χ3n) is 8.70. The lowest BCUT2D eigenvalue weighted by Gasteiger charge is -2.34. The van der Waals surface area contributed by atoms with E-state index in [-0.39, 0.29) is 30.6 Å². The number of carboxylic acid groups (broad SMARTS) is 1. The number of carbonyl (C=O) groups is 2. The van der Waals surface area contributed by atoms with Crippen molar-refractivity contribution in [2.24, 2.45) is 11.8 Å². The quantitative estimate of drug-likeness (QED) is 0.176. The second kappa shape index (κ2) is 14.5. The number of non-ortho nitro benzene ring substituents is 1. The Morgan fingerprint density at radius 1 is 0.955 bits per heavy atom. The smallest absolute Gasteiger partial charge is 0.269 e. The minimum absolute atomic E-state index is 0.0259. The number of benzene rings is 3. The Morgan fingerprint density at radius 2 is 1.64 bits per heavy atom. The molecule has 2 heterocycles. The number of hydrogen-bond acceptors (Lipinski definition) is 6. The Morgan fingerprint density at radius 3 is 2.30 bits per heavy atom. The standard InChI is InChI=1S/C34H37ClN4O5/c35-32-11-5-4-10-30(32)33(40)38-23-28(31(24-38)27-8-2-1-3-9-27)22-36-19-16-25(17-20-36)7-6-18-37(34(41)42)21-26-12-14-29(15-13-26)39(43)44/h1-15,25,28,31H,16-24H2,(H,41,42)/p-1/t28-,31+/m0/s1. The molecule has 2 atom stereocenters. The van der Waals surface area contributed by atoms with Crippen LogP contribution in [-0.4, -0.2) is 70.9 Å². The zero-order valence-electron chi connectivity index (χ0n) is 24.5. The summed E-state index contributed by atoms with van der Waals surface area (Å²) in [7, 11) is 0. The summed E-state index contributed by atoms with van der Waals surface area (Å²) in [5.41, 5.74) is 2.41. The Balaban J connectivity index is 1.15. The predicted octanol–water partition coefficient (Wildman–Crippen LogP) is 5.22. The molecule has 3 aromatic carbocycles. The molecule has 0 bridgehead atoms. The fourth-order valence-electron chi connectivity index (χ4n) is 6.29. The van der Waals surface area contributed by atoms with Crippen molar-refractivity contribution in [2.45, 2.75) is 25.3 Å². The fourth-order valence-corrected chi connectivity index (χ4v) is 6.51. The molecule has 230 valence electrons. The van der Waals surface area contributed by atoms with E-state index in [2.05, 4.69) is 35.2 Å². The SMILES string of the molecule is O=C([O-])N(CC=CC1CCN(C[C@H]2CN(C(=O)c3ccccc3Cl)C[C@@H]2c2ccccc2)CC1)Cc1ccc([N+](=O)[O-])cc1. The van der Waals surface area contributed by atoms with Gasteiger partial charge in [-0.25, -0.2) is 0 Å². The van der Waals surface area contributed by atoms with Gasteiger partial charge in [0.2, 0.25) is 0 Å². The maximum absolute atomic E-state index is 13.4. The van der Waals surface area contributed by atoms with Crippen LogP contribution in [0.15, 0.2) is 91.0 Å². The van der Waals surface area contributed by atoms with Gasteiger partial charge in [0.05, 0.1) is 15.5 Å². The van der Waals surface area contributed by atoms with Gasteiger partial charge >= 0.3 is 0 Å². The summed E-state index contributed by atoms with van der Waals surface area (Å²) in [6.45, 7) is 4.38. The fraction of sp³-hybridized carbons (Fsp3) is 0.353. The first-order chi connectivity index (χ1) is 21.3. The maximum atomic E-state index is 13.4. The number of likely N-dealkylation sites (tertiary alicyclic amines) is 2. The molecule has 0 unspecified atom stereocenters. The van der Waals surface area contributed by atoms with Crippen molar-refractivity contribution < 1.29 is 19.6 Å². The summed E-state index contributed by atoms with van der Waals surface area (Å²) in [5, 5.41) is 23.0. The van der Waals surface area contributed by atoms with Crippen molar-refractivity contribution in [1.29, 1.82) is 0 Å². The first-order valence-corrected chi connectivity index (χ1v) is 15.3. The Labute approximate surface area is 262 Å². The number of carbonyl (C=O) groups excluding carboxylic acids is 2. The normalized spacial score (nSPS) is 19.3. The lowest BCUT2D eigenvalue weighted by Crippen LogP contribution is -2.41. The van der Waals surface area contributed by atoms with Crippen molar-refractivity contribution >= 4 is 29.3 Å². The second-order valence-electron chi connectivity index (χ2n) is 11.6. The number of allylic oxidation sites excluding steroid dienone is 1. The number of nitro benzene ring substituents is 1. The van der Waals surface area contributed by atoms with Gasteiger partial charge in [0, 0.05) is 50.8 Å². The average molecular weight is 616 g/mol. The molecule has 2 aliphatic rings. The van der Waals surface area contributed by atoms with Gasteiger partial charge in [0.15, 0.2) is 0 Å². The van der Waals surface area contributed by atoms with Crippen LogP contribution in [0.25, 0.3) is 0 Å². The first-order valence-electron chi connectivity index (χ1n) is 15.0. The molecule has 0 radical (unpaired) electrons. The Bertz CT molecular complexity index is 1470. The molecule has 0 saturated carbocycles. The summed E-state index contributed by atoms with van der Waals surface area (Å²) in [6.07, 6.45) is 4.62. The minimum atomic E-state index is -1.28. The second-order valence-corrected chi connectivity index (χ2v) is 12.0. The molecule has 0 N–H and O–H groups in total. The van der Waals surface area contributed by atoms with E-state index in [1.165, 1.54) is 22.6 Å². The van der Waals surface area contributed by atoms with Gasteiger partial charge in [0.1, 0.15) is 6.09 Å². The van der Waals surface area contributed by atoms with Crippen molar-refractivity contribution in [1.82, 2.24) is 14.7 Å². The van der Waals surface area contributed by atoms with E-state index in [0.717, 1.165) is 32.5 Å². The van der Waals surface area contributed by atoms with Crippen LogP contribution in [0, 0.1) is 22.0 Å². The molecule has 2 fully saturated rings. The van der Waals surface area contributed by atoms with E-state index in [1.54, 1.807) is 24.3 Å². The zero-order valence-corrected chi connectivity index (χ0v) is 25.2. The summed E-state index contributed by atoms with van der Waals surface area (Å²) < 4.78 is 0. The molecule has 44 heavy (non-hydrogen) atoms. The lowest BCUT2D eigenvalue weighted by molar-refractivity contribution is -0.384. The minimum Gasteiger partial charge on any atom is -0.530 e. The number of halogens is 1. The molecule has 0 aromatic heterocycles. The predicted molar refractivity (Wildman–Crippen MR) is 167 cm³/mol. The summed E-state index contributed by atoms with van der Waals surface area (Å²) in [6, 6.07) is 23.5. The summed E-state index contributed by atoms with van der Waals surface area (Å²) in [5.74, 6) is 0.863. The van der Waals surface area contributed by atoms with Gasteiger partial charge in [-0.1, -0.05) is 78.4 Å². The van der Waals surface area contributed by atoms with Crippen LogP contribution in [0.4, 0.5) is 10.5 Å². The van der Waals surface area contributed by atoms with Gasteiger partial charge in [-0.15, -0.1) is 0 Å². The van der Waals surface area contributed by atoms with Crippen LogP contribution in [0.5, 0.6) is 0 Å². The molecule has 2 saturated heterocycles. The lowest BCUT2D eigenvalue weighted by atomic mass is 9.87. The van der Waals surface area contributed by atoms with Gasteiger partial charge in [-0.3, -0.25) is 14.9 Å². The van der Waals surface area contributed by atoms with Crippen LogP contribution in [0.3, 0.4) is 0 Å². The number of nitrogens with zero attached hydrogens (tertiary/aromatic N) is 4. The van der Waals surface area contributed by atoms with Crippen molar-refractivity contribution in [2.75, 3.05) is 39.3 Å². The third kappa shape index (κ3) is 7.84. The topological polar surface area (TPSA) is 110 Å². The molecule has 0 aliphatic carbocycles. The molecule has 5 rings (SSSR count). The number of nitro groups is 1. The maximum Gasteiger partial charge on any atom is 0.269 e. The van der Waals surface area contributed by atoms with E-state index >= 15 is 0 Å². The zero-order chi connectivity index (χ0) is 31.1. The van der Waals surface area contributed by atoms with Crippen LogP contribution in [-0.2, 0) is 6.54 Å². The molecule has 0 spiro atoms. The molecule has 10 heteroatoms. The third-order valence-corrected chi connectivity index (χ3v) is 9.03. The summed E-state index contributed by atoms with van der Waals surface area (Å²) >= 11 is 6.36. The molecule has 2 aliphatic heterocycles. The largest absolute Gasteiger partial charge is 0.530 e. The highest BCUT2D eigenvalue weighted by molar-refractivity contribution is 6.33. The van der Waals surface area contributed by atoms with Gasteiger partial charge in [0.25, 0.3) is 11.6 Å². The molecule has 2 amide bonds. The van der Waals surface area contributed by atoms with E-state index < -0.39 is 11.0 Å². The highest BCUT2D eigenvalue weighted by Crippen LogP contribution is 2.35. The van der Waals surface area contributed by atoms with Crippen LogP contribution in [0.1, 0.15) is 40.2 Å². The van der Waals surface area contributed by atoms with E-state index in [4.69, 9.17) is 11.6 Å². The molecule has 3 aromatic rings. The van der Waals surface area contributed by atoms with Crippen LogP contribution in [0.2, 0.25) is 5.02 Å².